The zero-order valence-corrected chi connectivity index (χ0v) is 20.0. The number of alkyl halides is 17. The van der Waals surface area contributed by atoms with E-state index in [1.807, 2.05) is 0 Å². The van der Waals surface area contributed by atoms with Gasteiger partial charge in [0, 0.05) is 13.3 Å². The predicted molar refractivity (Wildman–Crippen MR) is 85.9 cm³/mol. The third-order valence-electron chi connectivity index (χ3n) is 4.66. The lowest BCUT2D eigenvalue weighted by molar-refractivity contribution is -0.852. The Morgan fingerprint density at radius 1 is 0.632 bits per heavy atom. The molecule has 0 aromatic heterocycles. The molecule has 0 radical (unpaired) electrons. The number of aryl methyl sites for hydroxylation is 1. The summed E-state index contributed by atoms with van der Waals surface area (Å²) in [6.45, 7) is 1.04. The molecule has 1 aromatic carbocycles. The summed E-state index contributed by atoms with van der Waals surface area (Å²) in [6, 6.07) is 3.98. The Hall–Kier alpha value is -1.77. The molecular weight excluding hydrogens is 698 g/mol. The van der Waals surface area contributed by atoms with Gasteiger partial charge in [-0.3, -0.25) is 0 Å². The minimum Gasteiger partial charge on any atom is -0.247 e. The van der Waals surface area contributed by atoms with Crippen molar-refractivity contribution in [2.75, 3.05) is 0 Å². The van der Waals surface area contributed by atoms with Gasteiger partial charge in [-0.25, -0.2) is 7.86 Å². The average Bonchev–Trinajstić information content (AvgIpc) is 2.75. The molecule has 0 aliphatic carbocycles. The third-order valence-corrected chi connectivity index (χ3v) is 6.73. The molecule has 0 aliphatic heterocycles. The highest BCUT2D eigenvalue weighted by Gasteiger charge is 2.95. The number of hydrogen-bond donors (Lipinski definition) is 0. The SMILES string of the molecule is CC(=O)O[I+]c1ccc(CCC(F)(F)C(F)(F)C(F)(F)C(F)(F)C(F)(F)C(F)(F)C(F)(F)C(F)(F)F)cc1. The zero-order chi connectivity index (χ0) is 30.4. The highest BCUT2D eigenvalue weighted by Crippen LogP contribution is 2.64. The van der Waals surface area contributed by atoms with Crippen LogP contribution < -0.4 is 21.6 Å². The molecule has 0 heterocycles. The molecule has 0 aliphatic rings. The molecule has 0 saturated carbocycles. The Labute approximate surface area is 211 Å². The van der Waals surface area contributed by atoms with Crippen molar-refractivity contribution < 1.29 is 104 Å². The summed E-state index contributed by atoms with van der Waals surface area (Å²) < 4.78 is 230. The molecule has 20 heteroatoms. The van der Waals surface area contributed by atoms with Crippen LogP contribution in [0.1, 0.15) is 18.9 Å². The van der Waals surface area contributed by atoms with Crippen LogP contribution in [0.2, 0.25) is 0 Å². The molecule has 0 unspecified atom stereocenters. The average molecular weight is 709 g/mol. The van der Waals surface area contributed by atoms with Crippen molar-refractivity contribution in [3.05, 3.63) is 33.4 Å². The number of carbonyl (C=O) groups is 1. The maximum atomic E-state index is 13.9. The third kappa shape index (κ3) is 5.59. The summed E-state index contributed by atoms with van der Waals surface area (Å²) in [4.78, 5) is 10.7. The summed E-state index contributed by atoms with van der Waals surface area (Å²) in [7, 11) is 0. The van der Waals surface area contributed by atoms with Gasteiger partial charge in [0.1, 0.15) is 0 Å². The molecule has 0 fully saturated rings. The molecule has 2 nitrogen and oxygen atoms in total. The molecular formula is C18H11F17IO2+. The fraction of sp³-hybridized carbons (Fsp3) is 0.611. The van der Waals surface area contributed by atoms with Crippen LogP contribution in [0, 0.1) is 3.57 Å². The largest absolute Gasteiger partial charge is 0.583 e. The van der Waals surface area contributed by atoms with Gasteiger partial charge >= 0.3 is 75.2 Å². The van der Waals surface area contributed by atoms with E-state index in [1.54, 1.807) is 0 Å². The van der Waals surface area contributed by atoms with Gasteiger partial charge in [-0.15, -0.1) is 0 Å². The summed E-state index contributed by atoms with van der Waals surface area (Å²) in [5.74, 6) is -57.0. The fourth-order valence-electron chi connectivity index (χ4n) is 2.46. The summed E-state index contributed by atoms with van der Waals surface area (Å²) in [5.41, 5.74) is -0.382. The summed E-state index contributed by atoms with van der Waals surface area (Å²) in [6.07, 6.45) is -11.7. The lowest BCUT2D eigenvalue weighted by Gasteiger charge is -2.42. The fourth-order valence-corrected chi connectivity index (χ4v) is 3.67. The predicted octanol–water partition coefficient (Wildman–Crippen LogP) is 4.37. The van der Waals surface area contributed by atoms with Crippen molar-refractivity contribution in [3.8, 4) is 0 Å². The monoisotopic (exact) mass is 709 g/mol. The highest BCUT2D eigenvalue weighted by atomic mass is 127. The van der Waals surface area contributed by atoms with Crippen LogP contribution in [-0.2, 0) is 14.3 Å². The molecule has 0 bridgehead atoms. The lowest BCUT2D eigenvalue weighted by Crippen LogP contribution is -3.62. The number of benzene rings is 1. The van der Waals surface area contributed by atoms with Crippen molar-refractivity contribution in [2.45, 2.75) is 67.4 Å². The maximum absolute atomic E-state index is 13.9. The van der Waals surface area contributed by atoms with E-state index in [9.17, 15) is 79.4 Å². The van der Waals surface area contributed by atoms with Crippen LogP contribution >= 0.6 is 0 Å². The summed E-state index contributed by atoms with van der Waals surface area (Å²) in [5, 5.41) is 0. The van der Waals surface area contributed by atoms with E-state index < -0.39 is 88.1 Å². The van der Waals surface area contributed by atoms with Gasteiger partial charge in [0.25, 0.3) is 0 Å². The molecule has 0 atom stereocenters. The van der Waals surface area contributed by atoms with Crippen molar-refractivity contribution >= 4 is 5.97 Å². The van der Waals surface area contributed by atoms with Crippen molar-refractivity contribution in [1.82, 2.24) is 0 Å². The van der Waals surface area contributed by atoms with Gasteiger partial charge in [0.2, 0.25) is 3.57 Å². The van der Waals surface area contributed by atoms with Crippen molar-refractivity contribution in [2.24, 2.45) is 0 Å². The maximum Gasteiger partial charge on any atom is 0.583 e. The minimum absolute atomic E-state index is 0.296. The molecule has 1 rings (SSSR count). The van der Waals surface area contributed by atoms with Crippen molar-refractivity contribution in [3.63, 3.8) is 0 Å². The van der Waals surface area contributed by atoms with Gasteiger partial charge in [0.15, 0.2) is 0 Å². The number of rotatable bonds is 11. The first-order chi connectivity index (χ1) is 16.6. The molecule has 0 saturated heterocycles. The Morgan fingerprint density at radius 3 is 1.37 bits per heavy atom. The van der Waals surface area contributed by atoms with E-state index in [0.717, 1.165) is 31.2 Å². The molecule has 38 heavy (non-hydrogen) atoms. The first-order valence-electron chi connectivity index (χ1n) is 9.24. The van der Waals surface area contributed by atoms with Crippen LogP contribution in [0.3, 0.4) is 0 Å². The van der Waals surface area contributed by atoms with Gasteiger partial charge in [0.05, 0.1) is 0 Å². The smallest absolute Gasteiger partial charge is 0.247 e. The lowest BCUT2D eigenvalue weighted by atomic mass is 9.87. The van der Waals surface area contributed by atoms with E-state index >= 15 is 0 Å². The second-order valence-electron chi connectivity index (χ2n) is 7.42. The Morgan fingerprint density at radius 2 is 1.00 bits per heavy atom. The number of carbonyl (C=O) groups excluding carboxylic acids is 1. The Bertz CT molecular complexity index is 986. The normalized spacial score (nSPS) is 15.0. The molecule has 0 spiro atoms. The van der Waals surface area contributed by atoms with Crippen LogP contribution in [0.15, 0.2) is 24.3 Å². The van der Waals surface area contributed by atoms with Gasteiger partial charge in [-0.05, 0) is 24.1 Å². The Balaban J connectivity index is 3.31. The van der Waals surface area contributed by atoms with Crippen LogP contribution in [0.4, 0.5) is 74.6 Å². The van der Waals surface area contributed by atoms with Crippen molar-refractivity contribution in [1.29, 1.82) is 0 Å². The van der Waals surface area contributed by atoms with Crippen LogP contribution in [-0.4, -0.2) is 53.6 Å². The van der Waals surface area contributed by atoms with E-state index in [4.69, 9.17) is 0 Å². The number of halogens is 18. The Kier molecular flexibility index (Phi) is 9.31. The van der Waals surface area contributed by atoms with E-state index in [1.165, 1.54) is 0 Å². The standard InChI is InChI=1S/C18H11F17IO2/c1-8(37)38-36-10-4-2-9(3-5-10)6-7-11(19,20)12(21,22)13(23,24)14(25,26)15(27,28)16(29,30)17(31,32)18(33,34)35/h2-5H,6-7H2,1H3/q+1. The minimum atomic E-state index is -8.64. The van der Waals surface area contributed by atoms with Crippen LogP contribution in [0.5, 0.6) is 0 Å². The quantitative estimate of drug-likeness (QED) is 0.253. The number of hydrogen-bond acceptors (Lipinski definition) is 2. The second-order valence-corrected chi connectivity index (χ2v) is 9.55. The van der Waals surface area contributed by atoms with E-state index in [2.05, 4.69) is 3.07 Å². The van der Waals surface area contributed by atoms with Gasteiger partial charge < -0.3 is 0 Å². The first kappa shape index (κ1) is 34.3. The summed E-state index contributed by atoms with van der Waals surface area (Å²) >= 11 is -1.40. The van der Waals surface area contributed by atoms with Gasteiger partial charge in [-0.1, -0.05) is 12.1 Å². The molecule has 220 valence electrons. The molecule has 1 aromatic rings. The molecule has 0 amide bonds. The van der Waals surface area contributed by atoms with Crippen LogP contribution in [0.25, 0.3) is 0 Å². The molecule has 0 N–H and O–H groups in total. The second kappa shape index (κ2) is 10.3. The highest BCUT2D eigenvalue weighted by molar-refractivity contribution is 5.64. The zero-order valence-electron chi connectivity index (χ0n) is 17.8. The van der Waals surface area contributed by atoms with Gasteiger partial charge in [-0.2, -0.15) is 74.6 Å². The van der Waals surface area contributed by atoms with E-state index in [-0.39, 0.29) is 5.56 Å². The van der Waals surface area contributed by atoms with E-state index in [0.29, 0.717) is 3.57 Å². The topological polar surface area (TPSA) is 26.3 Å². The first-order valence-corrected chi connectivity index (χ1v) is 11.2.